The largest absolute Gasteiger partial charge is 0.493 e. The van der Waals surface area contributed by atoms with Crippen LogP contribution in [0.1, 0.15) is 45.1 Å². The van der Waals surface area contributed by atoms with E-state index >= 15 is 0 Å². The molecule has 20 heavy (non-hydrogen) atoms. The molecular formula is C15H23ClO3S. The Morgan fingerprint density at radius 1 is 1.15 bits per heavy atom. The highest BCUT2D eigenvalue weighted by molar-refractivity contribution is 8.13. The summed E-state index contributed by atoms with van der Waals surface area (Å²) in [5.41, 5.74) is 1.20. The van der Waals surface area contributed by atoms with Gasteiger partial charge < -0.3 is 4.74 Å². The van der Waals surface area contributed by atoms with Gasteiger partial charge in [0, 0.05) is 10.7 Å². The van der Waals surface area contributed by atoms with E-state index in [1.807, 2.05) is 25.1 Å². The van der Waals surface area contributed by atoms with Gasteiger partial charge in [0.25, 0.3) is 0 Å². The topological polar surface area (TPSA) is 43.4 Å². The van der Waals surface area contributed by atoms with Crippen molar-refractivity contribution >= 4 is 19.7 Å². The fourth-order valence-corrected chi connectivity index (χ4v) is 2.90. The summed E-state index contributed by atoms with van der Waals surface area (Å²) in [6.07, 6.45) is 1.39. The number of rotatable bonds is 8. The molecule has 1 aromatic carbocycles. The third-order valence-electron chi connectivity index (χ3n) is 3.26. The lowest BCUT2D eigenvalue weighted by atomic mass is 10.0. The molecule has 0 amide bonds. The van der Waals surface area contributed by atoms with Crippen molar-refractivity contribution in [2.45, 2.75) is 39.5 Å². The van der Waals surface area contributed by atoms with E-state index in [1.165, 1.54) is 5.56 Å². The second-order valence-electron chi connectivity index (χ2n) is 5.47. The van der Waals surface area contributed by atoms with Crippen LogP contribution in [0.15, 0.2) is 24.3 Å². The van der Waals surface area contributed by atoms with Gasteiger partial charge in [0.15, 0.2) is 0 Å². The maximum Gasteiger partial charge on any atom is 0.232 e. The van der Waals surface area contributed by atoms with Crippen molar-refractivity contribution in [3.05, 3.63) is 29.8 Å². The molecule has 0 aromatic heterocycles. The molecule has 5 heteroatoms. The number of ether oxygens (including phenoxy) is 1. The zero-order valence-electron chi connectivity index (χ0n) is 12.3. The highest BCUT2D eigenvalue weighted by Gasteiger charge is 2.11. The van der Waals surface area contributed by atoms with E-state index in [9.17, 15) is 8.42 Å². The van der Waals surface area contributed by atoms with Crippen molar-refractivity contribution < 1.29 is 13.2 Å². The van der Waals surface area contributed by atoms with Gasteiger partial charge in [-0.05, 0) is 36.3 Å². The molecule has 0 radical (unpaired) electrons. The molecule has 1 rings (SSSR count). The van der Waals surface area contributed by atoms with Crippen LogP contribution in [0.4, 0.5) is 0 Å². The SMILES string of the molecule is CC(CCOc1ccccc1C(C)C)CCS(=O)(=O)Cl. The number of hydrogen-bond donors (Lipinski definition) is 0. The lowest BCUT2D eigenvalue weighted by molar-refractivity contribution is 0.278. The zero-order chi connectivity index (χ0) is 15.2. The van der Waals surface area contributed by atoms with Crippen molar-refractivity contribution in [2.24, 2.45) is 5.92 Å². The molecule has 1 unspecified atom stereocenters. The third kappa shape index (κ3) is 6.62. The molecule has 0 heterocycles. The Balaban J connectivity index is 2.41. The van der Waals surface area contributed by atoms with Crippen LogP contribution in [-0.2, 0) is 9.05 Å². The van der Waals surface area contributed by atoms with Gasteiger partial charge >= 0.3 is 0 Å². The second-order valence-corrected chi connectivity index (χ2v) is 8.36. The van der Waals surface area contributed by atoms with Crippen molar-refractivity contribution in [1.82, 2.24) is 0 Å². The summed E-state index contributed by atoms with van der Waals surface area (Å²) in [6, 6.07) is 8.02. The number of halogens is 1. The molecule has 114 valence electrons. The predicted molar refractivity (Wildman–Crippen MR) is 84.1 cm³/mol. The fourth-order valence-electron chi connectivity index (χ4n) is 1.95. The minimum Gasteiger partial charge on any atom is -0.493 e. The van der Waals surface area contributed by atoms with Crippen LogP contribution in [0.5, 0.6) is 5.75 Å². The standard InChI is InChI=1S/C15H23ClO3S/c1-12(2)14-6-4-5-7-15(14)19-10-8-13(3)9-11-20(16,17)18/h4-7,12-13H,8-11H2,1-3H3. The van der Waals surface area contributed by atoms with Crippen LogP contribution in [0, 0.1) is 5.92 Å². The summed E-state index contributed by atoms with van der Waals surface area (Å²) >= 11 is 0. The van der Waals surface area contributed by atoms with Crippen LogP contribution in [0.2, 0.25) is 0 Å². The first-order valence-corrected chi connectivity index (χ1v) is 9.41. The van der Waals surface area contributed by atoms with Crippen LogP contribution >= 0.6 is 10.7 Å². The minimum absolute atomic E-state index is 0.0261. The lowest BCUT2D eigenvalue weighted by Gasteiger charge is -2.15. The molecule has 3 nitrogen and oxygen atoms in total. The van der Waals surface area contributed by atoms with Crippen molar-refractivity contribution in [3.8, 4) is 5.75 Å². The number of hydrogen-bond acceptors (Lipinski definition) is 3. The average molecular weight is 319 g/mol. The van der Waals surface area contributed by atoms with Crippen molar-refractivity contribution in [2.75, 3.05) is 12.4 Å². The fraction of sp³-hybridized carbons (Fsp3) is 0.600. The first-order valence-electron chi connectivity index (χ1n) is 6.93. The van der Waals surface area contributed by atoms with Crippen LogP contribution < -0.4 is 4.74 Å². The van der Waals surface area contributed by atoms with Crippen molar-refractivity contribution in [1.29, 1.82) is 0 Å². The Bertz CT molecular complexity index is 512. The highest BCUT2D eigenvalue weighted by atomic mass is 35.7. The molecule has 0 saturated heterocycles. The van der Waals surface area contributed by atoms with E-state index in [0.717, 1.165) is 12.2 Å². The van der Waals surface area contributed by atoms with Gasteiger partial charge in [-0.1, -0.05) is 39.0 Å². The second kappa shape index (κ2) is 7.89. The summed E-state index contributed by atoms with van der Waals surface area (Å²) in [6.45, 7) is 6.87. The molecule has 0 aliphatic carbocycles. The molecule has 0 saturated carbocycles. The summed E-state index contributed by atoms with van der Waals surface area (Å²) in [4.78, 5) is 0. The van der Waals surface area contributed by atoms with E-state index in [1.54, 1.807) is 0 Å². The lowest BCUT2D eigenvalue weighted by Crippen LogP contribution is -2.09. The maximum absolute atomic E-state index is 10.9. The van der Waals surface area contributed by atoms with Crippen molar-refractivity contribution in [3.63, 3.8) is 0 Å². The van der Waals surface area contributed by atoms with Gasteiger partial charge in [0.2, 0.25) is 9.05 Å². The normalized spacial score (nSPS) is 13.4. The van der Waals surface area contributed by atoms with E-state index in [-0.39, 0.29) is 11.7 Å². The molecule has 1 atom stereocenters. The molecule has 0 aliphatic rings. The van der Waals surface area contributed by atoms with Crippen LogP contribution in [0.3, 0.4) is 0 Å². The van der Waals surface area contributed by atoms with E-state index in [4.69, 9.17) is 15.4 Å². The van der Waals surface area contributed by atoms with Crippen LogP contribution in [0.25, 0.3) is 0 Å². The number of benzene rings is 1. The third-order valence-corrected chi connectivity index (χ3v) is 4.45. The Morgan fingerprint density at radius 3 is 2.40 bits per heavy atom. The van der Waals surface area contributed by atoms with Gasteiger partial charge in [-0.25, -0.2) is 8.42 Å². The first-order chi connectivity index (χ1) is 9.29. The summed E-state index contributed by atoms with van der Waals surface area (Å²) in [7, 11) is 1.82. The quantitative estimate of drug-likeness (QED) is 0.675. The van der Waals surface area contributed by atoms with Gasteiger partial charge in [0.1, 0.15) is 5.75 Å². The van der Waals surface area contributed by atoms with E-state index < -0.39 is 9.05 Å². The molecule has 0 bridgehead atoms. The zero-order valence-corrected chi connectivity index (χ0v) is 13.9. The Hall–Kier alpha value is -0.740. The molecule has 0 spiro atoms. The average Bonchev–Trinajstić information content (AvgIpc) is 2.36. The molecule has 0 N–H and O–H groups in total. The summed E-state index contributed by atoms with van der Waals surface area (Å²) in [5, 5.41) is 0. The van der Waals surface area contributed by atoms with E-state index in [2.05, 4.69) is 19.9 Å². The molecule has 0 aliphatic heterocycles. The Labute approximate surface area is 126 Å². The smallest absolute Gasteiger partial charge is 0.232 e. The first kappa shape index (κ1) is 17.3. The minimum atomic E-state index is -3.38. The van der Waals surface area contributed by atoms with Gasteiger partial charge in [0.05, 0.1) is 12.4 Å². The Morgan fingerprint density at radius 2 is 1.80 bits per heavy atom. The molecule has 0 fully saturated rings. The molecule has 1 aromatic rings. The summed E-state index contributed by atoms with van der Waals surface area (Å²) in [5.74, 6) is 1.64. The summed E-state index contributed by atoms with van der Waals surface area (Å²) < 4.78 is 27.6. The maximum atomic E-state index is 10.9. The molecular weight excluding hydrogens is 296 g/mol. The van der Waals surface area contributed by atoms with Crippen LogP contribution in [-0.4, -0.2) is 20.8 Å². The number of para-hydroxylation sites is 1. The highest BCUT2D eigenvalue weighted by Crippen LogP contribution is 2.26. The monoisotopic (exact) mass is 318 g/mol. The van der Waals surface area contributed by atoms with Gasteiger partial charge in [-0.15, -0.1) is 0 Å². The Kier molecular flexibility index (Phi) is 6.83. The van der Waals surface area contributed by atoms with Gasteiger partial charge in [-0.3, -0.25) is 0 Å². The predicted octanol–water partition coefficient (Wildman–Crippen LogP) is 4.17. The van der Waals surface area contributed by atoms with E-state index in [0.29, 0.717) is 18.9 Å². The van der Waals surface area contributed by atoms with Gasteiger partial charge in [-0.2, -0.15) is 0 Å².